The summed E-state index contributed by atoms with van der Waals surface area (Å²) < 4.78 is 1.23. The molecule has 0 amide bonds. The van der Waals surface area contributed by atoms with Gasteiger partial charge in [0.15, 0.2) is 0 Å². The number of aromatic nitrogens is 3. The lowest BCUT2D eigenvalue weighted by Gasteiger charge is -1.95. The van der Waals surface area contributed by atoms with Crippen molar-refractivity contribution in [2.45, 2.75) is 26.3 Å². The number of hydrogen-bond donors (Lipinski definition) is 1. The first kappa shape index (κ1) is 14.1. The summed E-state index contributed by atoms with van der Waals surface area (Å²) in [5.41, 5.74) is -0.353. The number of nitro groups is 1. The number of rotatable bonds is 6. The normalized spacial score (nSPS) is 10.7. The van der Waals surface area contributed by atoms with E-state index in [4.69, 9.17) is 5.11 Å². The maximum Gasteiger partial charge on any atom is 0.363 e. The Labute approximate surface area is 117 Å². The van der Waals surface area contributed by atoms with Crippen LogP contribution in [0, 0.1) is 10.1 Å². The van der Waals surface area contributed by atoms with Crippen molar-refractivity contribution in [1.29, 1.82) is 0 Å². The molecule has 0 radical (unpaired) electrons. The molecule has 0 aliphatic heterocycles. The van der Waals surface area contributed by atoms with Gasteiger partial charge in [0, 0.05) is 5.38 Å². The summed E-state index contributed by atoms with van der Waals surface area (Å²) >= 11 is 1.51. The Hall–Kier alpha value is -2.29. The lowest BCUT2D eigenvalue weighted by atomic mass is 10.3. The van der Waals surface area contributed by atoms with E-state index in [1.54, 1.807) is 0 Å². The zero-order valence-electron chi connectivity index (χ0n) is 10.6. The minimum absolute atomic E-state index is 0.217. The summed E-state index contributed by atoms with van der Waals surface area (Å²) in [4.78, 5) is 25.3. The van der Waals surface area contributed by atoms with Crippen LogP contribution in [0.1, 0.15) is 34.5 Å². The van der Waals surface area contributed by atoms with Crippen molar-refractivity contribution in [3.63, 3.8) is 0 Å². The predicted molar refractivity (Wildman–Crippen MR) is 71.1 cm³/mol. The van der Waals surface area contributed by atoms with Crippen molar-refractivity contribution in [2.24, 2.45) is 0 Å². The number of aryl methyl sites for hydroxylation is 1. The number of aromatic carboxylic acids is 1. The van der Waals surface area contributed by atoms with E-state index in [-0.39, 0.29) is 6.54 Å². The Morgan fingerprint density at radius 1 is 1.60 bits per heavy atom. The van der Waals surface area contributed by atoms with Gasteiger partial charge in [-0.25, -0.2) is 9.78 Å². The van der Waals surface area contributed by atoms with Crippen molar-refractivity contribution in [1.82, 2.24) is 14.8 Å². The van der Waals surface area contributed by atoms with Crippen LogP contribution in [-0.2, 0) is 13.0 Å². The monoisotopic (exact) mass is 296 g/mol. The Balaban J connectivity index is 2.22. The topological polar surface area (TPSA) is 111 Å². The molecule has 2 rings (SSSR count). The highest BCUT2D eigenvalue weighted by molar-refractivity contribution is 7.09. The van der Waals surface area contributed by atoms with Gasteiger partial charge in [-0.1, -0.05) is 6.92 Å². The van der Waals surface area contributed by atoms with Crippen LogP contribution < -0.4 is 0 Å². The van der Waals surface area contributed by atoms with Gasteiger partial charge in [0.05, 0.1) is 22.2 Å². The van der Waals surface area contributed by atoms with E-state index in [1.807, 2.05) is 5.38 Å². The third-order valence-electron chi connectivity index (χ3n) is 2.53. The molecule has 0 saturated carbocycles. The van der Waals surface area contributed by atoms with Gasteiger partial charge < -0.3 is 5.11 Å². The fourth-order valence-corrected chi connectivity index (χ4v) is 2.59. The zero-order valence-corrected chi connectivity index (χ0v) is 11.5. The molecule has 0 aromatic carbocycles. The van der Waals surface area contributed by atoms with Gasteiger partial charge in [-0.15, -0.1) is 11.3 Å². The first-order valence-electron chi connectivity index (χ1n) is 5.89. The van der Waals surface area contributed by atoms with Crippen molar-refractivity contribution >= 4 is 23.0 Å². The number of carboxylic acid groups (broad SMARTS) is 1. The van der Waals surface area contributed by atoms with Crippen molar-refractivity contribution in [3.8, 4) is 0 Å². The number of hydrogen-bond acceptors (Lipinski definition) is 6. The van der Waals surface area contributed by atoms with Crippen LogP contribution in [-0.4, -0.2) is 30.8 Å². The maximum atomic E-state index is 10.9. The van der Waals surface area contributed by atoms with Gasteiger partial charge >= 0.3 is 11.7 Å². The Bertz CT molecular complexity index is 617. The molecular formula is C11H12N4O4S. The summed E-state index contributed by atoms with van der Waals surface area (Å²) in [5.74, 6) is -1.42. The molecule has 0 atom stereocenters. The van der Waals surface area contributed by atoms with Crippen LogP contribution in [0.25, 0.3) is 0 Å². The van der Waals surface area contributed by atoms with E-state index in [0.717, 1.165) is 24.0 Å². The van der Waals surface area contributed by atoms with Crippen LogP contribution in [0.3, 0.4) is 0 Å². The molecule has 2 aromatic heterocycles. The van der Waals surface area contributed by atoms with Gasteiger partial charge in [-0.05, 0) is 12.8 Å². The molecule has 0 aliphatic rings. The largest absolute Gasteiger partial charge is 0.476 e. The van der Waals surface area contributed by atoms with E-state index in [0.29, 0.717) is 5.69 Å². The van der Waals surface area contributed by atoms with Crippen LogP contribution in [0.4, 0.5) is 5.69 Å². The molecule has 0 fully saturated rings. The minimum Gasteiger partial charge on any atom is -0.476 e. The Morgan fingerprint density at radius 3 is 2.90 bits per heavy atom. The molecule has 20 heavy (non-hydrogen) atoms. The van der Waals surface area contributed by atoms with Crippen LogP contribution >= 0.6 is 11.3 Å². The van der Waals surface area contributed by atoms with Crippen molar-refractivity contribution < 1.29 is 14.8 Å². The van der Waals surface area contributed by atoms with E-state index < -0.39 is 22.3 Å². The fourth-order valence-electron chi connectivity index (χ4n) is 1.69. The van der Waals surface area contributed by atoms with E-state index in [9.17, 15) is 14.9 Å². The molecule has 8 nitrogen and oxygen atoms in total. The molecule has 106 valence electrons. The first-order chi connectivity index (χ1) is 9.51. The molecule has 0 spiro atoms. The second-order valence-corrected chi connectivity index (χ2v) is 5.05. The number of thiazole rings is 1. The second-order valence-electron chi connectivity index (χ2n) is 4.11. The lowest BCUT2D eigenvalue weighted by molar-refractivity contribution is -0.385. The predicted octanol–water partition coefficient (Wildman–Crippen LogP) is 1.95. The zero-order chi connectivity index (χ0) is 14.7. The number of carboxylic acids is 1. The van der Waals surface area contributed by atoms with Crippen LogP contribution in [0.2, 0.25) is 0 Å². The van der Waals surface area contributed by atoms with Crippen molar-refractivity contribution in [3.05, 3.63) is 38.1 Å². The third-order valence-corrected chi connectivity index (χ3v) is 3.49. The lowest BCUT2D eigenvalue weighted by Crippen LogP contribution is -2.05. The molecular weight excluding hydrogens is 284 g/mol. The van der Waals surface area contributed by atoms with Gasteiger partial charge in [-0.3, -0.25) is 14.8 Å². The average Bonchev–Trinajstić information content (AvgIpc) is 2.97. The highest BCUT2D eigenvalue weighted by Gasteiger charge is 2.25. The van der Waals surface area contributed by atoms with Crippen molar-refractivity contribution in [2.75, 3.05) is 0 Å². The second kappa shape index (κ2) is 5.78. The highest BCUT2D eigenvalue weighted by Crippen LogP contribution is 2.18. The quantitative estimate of drug-likeness (QED) is 0.644. The Kier molecular flexibility index (Phi) is 4.08. The molecule has 1 N–H and O–H groups in total. The molecule has 0 saturated heterocycles. The summed E-state index contributed by atoms with van der Waals surface area (Å²) in [6.45, 7) is 2.27. The van der Waals surface area contributed by atoms with E-state index >= 15 is 0 Å². The SMILES string of the molecule is CCCc1nc(Cn2cc([N+](=O)[O-])c(C(=O)O)n2)cs1. The maximum absolute atomic E-state index is 10.9. The summed E-state index contributed by atoms with van der Waals surface area (Å²) in [5, 5.41) is 26.2. The average molecular weight is 296 g/mol. The number of carbonyl (C=O) groups is 1. The van der Waals surface area contributed by atoms with Gasteiger partial charge in [0.2, 0.25) is 5.69 Å². The molecule has 2 heterocycles. The Morgan fingerprint density at radius 2 is 2.35 bits per heavy atom. The van der Waals surface area contributed by atoms with E-state index in [2.05, 4.69) is 17.0 Å². The highest BCUT2D eigenvalue weighted by atomic mass is 32.1. The van der Waals surface area contributed by atoms with Crippen LogP contribution in [0.15, 0.2) is 11.6 Å². The smallest absolute Gasteiger partial charge is 0.363 e. The first-order valence-corrected chi connectivity index (χ1v) is 6.77. The van der Waals surface area contributed by atoms with Gasteiger partial charge in [0.25, 0.3) is 0 Å². The standard InChI is InChI=1S/C11H12N4O4S/c1-2-3-9-12-7(6-20-9)4-14-5-8(15(18)19)10(13-14)11(16)17/h5-6H,2-4H2,1H3,(H,16,17). The third kappa shape index (κ3) is 2.99. The summed E-state index contributed by atoms with van der Waals surface area (Å²) in [6.07, 6.45) is 2.98. The summed E-state index contributed by atoms with van der Waals surface area (Å²) in [7, 11) is 0. The molecule has 2 aromatic rings. The molecule has 9 heteroatoms. The number of nitrogens with zero attached hydrogens (tertiary/aromatic N) is 4. The minimum atomic E-state index is -1.42. The molecule has 0 unspecified atom stereocenters. The molecule has 0 aliphatic carbocycles. The van der Waals surface area contributed by atoms with Crippen LogP contribution in [0.5, 0.6) is 0 Å². The molecule has 0 bridgehead atoms. The van der Waals surface area contributed by atoms with E-state index in [1.165, 1.54) is 16.0 Å². The van der Waals surface area contributed by atoms with Gasteiger partial charge in [0.1, 0.15) is 6.20 Å². The summed E-state index contributed by atoms with van der Waals surface area (Å²) in [6, 6.07) is 0. The fraction of sp³-hybridized carbons (Fsp3) is 0.364. The van der Waals surface area contributed by atoms with Gasteiger partial charge in [-0.2, -0.15) is 5.10 Å².